The van der Waals surface area contributed by atoms with Crippen LogP contribution < -0.4 is 4.74 Å². The molecule has 1 atom stereocenters. The number of hydrogen-bond acceptors (Lipinski definition) is 1. The Bertz CT molecular complexity index is 567. The van der Waals surface area contributed by atoms with E-state index in [4.69, 9.17) is 4.74 Å². The fourth-order valence-electron chi connectivity index (χ4n) is 2.24. The molecule has 126 valence electrons. The van der Waals surface area contributed by atoms with Gasteiger partial charge >= 0.3 is 6.18 Å². The van der Waals surface area contributed by atoms with Crippen molar-refractivity contribution in [2.45, 2.75) is 38.5 Å². The van der Waals surface area contributed by atoms with Crippen molar-refractivity contribution in [2.75, 3.05) is 0 Å². The molecule has 2 rings (SSSR count). The first-order valence-electron chi connectivity index (χ1n) is 7.39. The molecule has 0 radical (unpaired) electrons. The van der Waals surface area contributed by atoms with Crippen LogP contribution in [0.25, 0.3) is 0 Å². The van der Waals surface area contributed by atoms with E-state index in [1.165, 1.54) is 12.1 Å². The average Bonchev–Trinajstić information content (AvgIpc) is 2.52. The van der Waals surface area contributed by atoms with Crippen LogP contribution in [-0.2, 0) is 6.18 Å². The lowest BCUT2D eigenvalue weighted by Gasteiger charge is -2.20. The van der Waals surface area contributed by atoms with Crippen LogP contribution in [0.5, 0.6) is 5.75 Å². The van der Waals surface area contributed by atoms with Gasteiger partial charge in [-0.05, 0) is 42.7 Å². The SMILES string of the molecule is CCCCC(Oc1ccc(C(F)(F)F)cc1)c1ccccc1.Cl. The Kier molecular flexibility index (Phi) is 7.43. The second kappa shape index (κ2) is 8.82. The molecule has 1 unspecified atom stereocenters. The van der Waals surface area contributed by atoms with Crippen LogP contribution >= 0.6 is 12.4 Å². The number of benzene rings is 2. The number of hydrogen-bond donors (Lipinski definition) is 0. The molecule has 5 heteroatoms. The standard InChI is InChI=1S/C18H19F3O.ClH/c1-2-3-9-17(14-7-5-4-6-8-14)22-16-12-10-15(11-13-16)18(19,20)21;/h4-8,10-13,17H,2-3,9H2,1H3;1H. The van der Waals surface area contributed by atoms with Crippen molar-refractivity contribution >= 4 is 12.4 Å². The number of halogens is 4. The fraction of sp³-hybridized carbons (Fsp3) is 0.333. The van der Waals surface area contributed by atoms with E-state index in [-0.39, 0.29) is 18.5 Å². The summed E-state index contributed by atoms with van der Waals surface area (Å²) in [6.45, 7) is 2.10. The number of rotatable bonds is 6. The molecule has 0 saturated carbocycles. The molecule has 0 bridgehead atoms. The first kappa shape index (κ1) is 19.4. The molecular weight excluding hydrogens is 325 g/mol. The molecule has 0 saturated heterocycles. The molecule has 0 aliphatic carbocycles. The van der Waals surface area contributed by atoms with E-state index in [1.54, 1.807) is 0 Å². The van der Waals surface area contributed by atoms with Crippen molar-refractivity contribution in [3.05, 3.63) is 65.7 Å². The Morgan fingerprint density at radius 1 is 0.957 bits per heavy atom. The predicted octanol–water partition coefficient (Wildman–Crippen LogP) is 6.44. The topological polar surface area (TPSA) is 9.23 Å². The van der Waals surface area contributed by atoms with E-state index < -0.39 is 11.7 Å². The van der Waals surface area contributed by atoms with Crippen molar-refractivity contribution in [3.8, 4) is 5.75 Å². The first-order valence-corrected chi connectivity index (χ1v) is 7.39. The second-order valence-electron chi connectivity index (χ2n) is 5.18. The Labute approximate surface area is 140 Å². The summed E-state index contributed by atoms with van der Waals surface area (Å²) in [6.07, 6.45) is -1.58. The lowest BCUT2D eigenvalue weighted by Crippen LogP contribution is -2.08. The molecule has 0 N–H and O–H groups in total. The molecule has 0 aliphatic heterocycles. The summed E-state index contributed by atoms with van der Waals surface area (Å²) < 4.78 is 43.6. The third-order valence-electron chi connectivity index (χ3n) is 3.45. The van der Waals surface area contributed by atoms with Gasteiger partial charge in [-0.15, -0.1) is 12.4 Å². The highest BCUT2D eigenvalue weighted by Gasteiger charge is 2.30. The highest BCUT2D eigenvalue weighted by atomic mass is 35.5. The van der Waals surface area contributed by atoms with Gasteiger partial charge in [0, 0.05) is 0 Å². The Balaban J connectivity index is 0.00000264. The van der Waals surface area contributed by atoms with Crippen LogP contribution in [-0.4, -0.2) is 0 Å². The summed E-state index contributed by atoms with van der Waals surface area (Å²) in [5.74, 6) is 0.456. The summed E-state index contributed by atoms with van der Waals surface area (Å²) in [4.78, 5) is 0. The van der Waals surface area contributed by atoms with Crippen LogP contribution in [0.2, 0.25) is 0 Å². The minimum absolute atomic E-state index is 0. The Morgan fingerprint density at radius 3 is 2.09 bits per heavy atom. The van der Waals surface area contributed by atoms with E-state index in [0.717, 1.165) is 37.0 Å². The fourth-order valence-corrected chi connectivity index (χ4v) is 2.24. The van der Waals surface area contributed by atoms with Gasteiger partial charge in [-0.1, -0.05) is 43.7 Å². The molecule has 2 aromatic carbocycles. The van der Waals surface area contributed by atoms with Gasteiger partial charge in [0.05, 0.1) is 5.56 Å². The average molecular weight is 345 g/mol. The van der Waals surface area contributed by atoms with E-state index >= 15 is 0 Å². The highest BCUT2D eigenvalue weighted by Crippen LogP contribution is 2.32. The van der Waals surface area contributed by atoms with Crippen LogP contribution in [0.3, 0.4) is 0 Å². The largest absolute Gasteiger partial charge is 0.486 e. The lowest BCUT2D eigenvalue weighted by atomic mass is 10.0. The zero-order chi connectivity index (χ0) is 16.0. The maximum atomic E-state index is 12.6. The van der Waals surface area contributed by atoms with Crippen molar-refractivity contribution < 1.29 is 17.9 Å². The normalized spacial score (nSPS) is 12.3. The molecule has 1 nitrogen and oxygen atoms in total. The van der Waals surface area contributed by atoms with Gasteiger partial charge in [0.1, 0.15) is 11.9 Å². The summed E-state index contributed by atoms with van der Waals surface area (Å²) in [5, 5.41) is 0. The number of unbranched alkanes of at least 4 members (excludes halogenated alkanes) is 1. The quantitative estimate of drug-likeness (QED) is 0.586. The molecule has 0 aromatic heterocycles. The third-order valence-corrected chi connectivity index (χ3v) is 3.45. The lowest BCUT2D eigenvalue weighted by molar-refractivity contribution is -0.137. The molecule has 0 spiro atoms. The van der Waals surface area contributed by atoms with Crippen LogP contribution in [0.15, 0.2) is 54.6 Å². The zero-order valence-corrected chi connectivity index (χ0v) is 13.7. The van der Waals surface area contributed by atoms with Gasteiger partial charge < -0.3 is 4.74 Å². The molecule has 2 aromatic rings. The van der Waals surface area contributed by atoms with E-state index in [9.17, 15) is 13.2 Å². The third kappa shape index (κ3) is 5.79. The van der Waals surface area contributed by atoms with Crippen molar-refractivity contribution in [1.29, 1.82) is 0 Å². The zero-order valence-electron chi connectivity index (χ0n) is 12.8. The Hall–Kier alpha value is -1.68. The highest BCUT2D eigenvalue weighted by molar-refractivity contribution is 5.85. The van der Waals surface area contributed by atoms with Crippen LogP contribution in [0.4, 0.5) is 13.2 Å². The van der Waals surface area contributed by atoms with Crippen molar-refractivity contribution in [3.63, 3.8) is 0 Å². The van der Waals surface area contributed by atoms with Gasteiger partial charge in [0.25, 0.3) is 0 Å². The molecule has 0 heterocycles. The van der Waals surface area contributed by atoms with E-state index in [1.807, 2.05) is 30.3 Å². The minimum atomic E-state index is -4.32. The minimum Gasteiger partial charge on any atom is -0.486 e. The summed E-state index contributed by atoms with van der Waals surface area (Å²) in [7, 11) is 0. The Morgan fingerprint density at radius 2 is 1.57 bits per heavy atom. The maximum Gasteiger partial charge on any atom is 0.416 e. The van der Waals surface area contributed by atoms with E-state index in [2.05, 4.69) is 6.92 Å². The van der Waals surface area contributed by atoms with Crippen LogP contribution in [0, 0.1) is 0 Å². The van der Waals surface area contributed by atoms with Crippen LogP contribution in [0.1, 0.15) is 43.4 Å². The van der Waals surface area contributed by atoms with Gasteiger partial charge in [-0.25, -0.2) is 0 Å². The maximum absolute atomic E-state index is 12.6. The molecule has 23 heavy (non-hydrogen) atoms. The predicted molar refractivity (Wildman–Crippen MR) is 88.0 cm³/mol. The number of ether oxygens (including phenoxy) is 1. The summed E-state index contributed by atoms with van der Waals surface area (Å²) in [6, 6.07) is 14.6. The molecule has 0 aliphatic rings. The monoisotopic (exact) mass is 344 g/mol. The van der Waals surface area contributed by atoms with Gasteiger partial charge in [-0.2, -0.15) is 13.2 Å². The number of alkyl halides is 3. The van der Waals surface area contributed by atoms with E-state index in [0.29, 0.717) is 5.75 Å². The first-order chi connectivity index (χ1) is 10.5. The van der Waals surface area contributed by atoms with Crippen molar-refractivity contribution in [1.82, 2.24) is 0 Å². The van der Waals surface area contributed by atoms with Gasteiger partial charge in [0.2, 0.25) is 0 Å². The molecule has 0 amide bonds. The molecule has 0 fully saturated rings. The van der Waals surface area contributed by atoms with Crippen molar-refractivity contribution in [2.24, 2.45) is 0 Å². The summed E-state index contributed by atoms with van der Waals surface area (Å²) >= 11 is 0. The smallest absolute Gasteiger partial charge is 0.416 e. The van der Waals surface area contributed by atoms with Gasteiger partial charge in [-0.3, -0.25) is 0 Å². The molecular formula is C18H20ClF3O. The van der Waals surface area contributed by atoms with Gasteiger partial charge in [0.15, 0.2) is 0 Å². The second-order valence-corrected chi connectivity index (χ2v) is 5.18. The summed E-state index contributed by atoms with van der Waals surface area (Å²) in [5.41, 5.74) is 0.375.